The highest BCUT2D eigenvalue weighted by Gasteiger charge is 2.25. The molecule has 0 amide bonds. The average molecular weight is 353 g/mol. The highest BCUT2D eigenvalue weighted by atomic mass is 16.1. The standard InChI is InChI=1S/C20H27N5O/c26-20-6-5-19(17-7-9-21-10-8-17)22-25(20)16-13-23-11-14-24(15-12-23)18-3-1-2-4-18/h5-10,18H,1-4,11-16H2. The highest BCUT2D eigenvalue weighted by Crippen LogP contribution is 2.24. The maximum atomic E-state index is 12.2. The van der Waals surface area contributed by atoms with E-state index < -0.39 is 0 Å². The number of piperazine rings is 1. The fourth-order valence-corrected chi connectivity index (χ4v) is 4.14. The Kier molecular flexibility index (Phi) is 5.41. The van der Waals surface area contributed by atoms with Crippen LogP contribution < -0.4 is 5.56 Å². The van der Waals surface area contributed by atoms with Gasteiger partial charge >= 0.3 is 0 Å². The molecule has 6 heteroatoms. The Morgan fingerprint density at radius 2 is 1.65 bits per heavy atom. The summed E-state index contributed by atoms with van der Waals surface area (Å²) in [6, 6.07) is 8.05. The van der Waals surface area contributed by atoms with E-state index in [0.717, 1.165) is 50.0 Å². The third-order valence-electron chi connectivity index (χ3n) is 5.72. The second-order valence-electron chi connectivity index (χ2n) is 7.33. The Morgan fingerprint density at radius 1 is 0.923 bits per heavy atom. The monoisotopic (exact) mass is 353 g/mol. The summed E-state index contributed by atoms with van der Waals surface area (Å²) in [7, 11) is 0. The van der Waals surface area contributed by atoms with Crippen LogP contribution >= 0.6 is 0 Å². The van der Waals surface area contributed by atoms with Crippen LogP contribution in [0.4, 0.5) is 0 Å². The molecule has 4 rings (SSSR count). The van der Waals surface area contributed by atoms with E-state index in [9.17, 15) is 4.79 Å². The predicted molar refractivity (Wildman–Crippen MR) is 102 cm³/mol. The van der Waals surface area contributed by atoms with Gasteiger partial charge < -0.3 is 0 Å². The van der Waals surface area contributed by atoms with Gasteiger partial charge in [0.1, 0.15) is 0 Å². The number of pyridine rings is 1. The summed E-state index contributed by atoms with van der Waals surface area (Å²) >= 11 is 0. The second-order valence-corrected chi connectivity index (χ2v) is 7.33. The molecule has 0 radical (unpaired) electrons. The zero-order valence-electron chi connectivity index (χ0n) is 15.3. The Morgan fingerprint density at radius 3 is 2.38 bits per heavy atom. The minimum Gasteiger partial charge on any atom is -0.299 e. The summed E-state index contributed by atoms with van der Waals surface area (Å²) in [4.78, 5) is 21.3. The quantitative estimate of drug-likeness (QED) is 0.821. The van der Waals surface area contributed by atoms with E-state index in [2.05, 4.69) is 19.9 Å². The molecule has 6 nitrogen and oxygen atoms in total. The van der Waals surface area contributed by atoms with Gasteiger partial charge in [0.15, 0.2) is 0 Å². The number of hydrogen-bond acceptors (Lipinski definition) is 5. The molecule has 0 bridgehead atoms. The van der Waals surface area contributed by atoms with Crippen molar-refractivity contribution >= 4 is 0 Å². The number of aromatic nitrogens is 3. The van der Waals surface area contributed by atoms with Crippen molar-refractivity contribution in [2.45, 2.75) is 38.3 Å². The molecule has 2 aromatic heterocycles. The Labute approximate surface area is 154 Å². The zero-order valence-corrected chi connectivity index (χ0v) is 15.3. The van der Waals surface area contributed by atoms with E-state index in [1.54, 1.807) is 29.2 Å². The maximum absolute atomic E-state index is 12.2. The first-order chi connectivity index (χ1) is 12.8. The van der Waals surface area contributed by atoms with Crippen LogP contribution in [0.5, 0.6) is 0 Å². The van der Waals surface area contributed by atoms with E-state index in [1.807, 2.05) is 12.1 Å². The molecule has 1 saturated heterocycles. The topological polar surface area (TPSA) is 54.3 Å². The maximum Gasteiger partial charge on any atom is 0.266 e. The average Bonchev–Trinajstić information content (AvgIpc) is 3.23. The van der Waals surface area contributed by atoms with E-state index in [0.29, 0.717) is 6.54 Å². The van der Waals surface area contributed by atoms with Gasteiger partial charge in [0.2, 0.25) is 0 Å². The molecule has 0 spiro atoms. The Bertz CT molecular complexity index is 761. The molecule has 1 saturated carbocycles. The van der Waals surface area contributed by atoms with Crippen molar-refractivity contribution in [3.8, 4) is 11.3 Å². The number of rotatable bonds is 5. The van der Waals surface area contributed by atoms with Crippen molar-refractivity contribution in [1.82, 2.24) is 24.6 Å². The lowest BCUT2D eigenvalue weighted by Gasteiger charge is -2.38. The Hall–Kier alpha value is -2.05. The molecule has 3 heterocycles. The van der Waals surface area contributed by atoms with E-state index in [4.69, 9.17) is 0 Å². The van der Waals surface area contributed by atoms with E-state index in [1.165, 1.54) is 25.7 Å². The summed E-state index contributed by atoms with van der Waals surface area (Å²) in [6.45, 7) is 6.02. The molecule has 2 aliphatic rings. The fourth-order valence-electron chi connectivity index (χ4n) is 4.14. The van der Waals surface area contributed by atoms with Gasteiger partial charge in [0.05, 0.1) is 12.2 Å². The molecule has 0 unspecified atom stereocenters. The molecular weight excluding hydrogens is 326 g/mol. The van der Waals surface area contributed by atoms with Gasteiger partial charge in [-0.3, -0.25) is 19.6 Å². The van der Waals surface area contributed by atoms with Crippen molar-refractivity contribution in [3.05, 3.63) is 47.0 Å². The summed E-state index contributed by atoms with van der Waals surface area (Å²) < 4.78 is 1.60. The van der Waals surface area contributed by atoms with Gasteiger partial charge in [0, 0.05) is 62.8 Å². The lowest BCUT2D eigenvalue weighted by Crippen LogP contribution is -2.50. The third-order valence-corrected chi connectivity index (χ3v) is 5.72. The largest absolute Gasteiger partial charge is 0.299 e. The van der Waals surface area contributed by atoms with Crippen molar-refractivity contribution in [2.24, 2.45) is 0 Å². The normalized spacial score (nSPS) is 19.8. The first-order valence-electron chi connectivity index (χ1n) is 9.74. The van der Waals surface area contributed by atoms with Gasteiger partial charge in [-0.1, -0.05) is 12.8 Å². The highest BCUT2D eigenvalue weighted by molar-refractivity contribution is 5.56. The van der Waals surface area contributed by atoms with Crippen LogP contribution in [0.3, 0.4) is 0 Å². The van der Waals surface area contributed by atoms with Crippen LogP contribution in [0.1, 0.15) is 25.7 Å². The third kappa shape index (κ3) is 4.02. The van der Waals surface area contributed by atoms with Crippen LogP contribution in [0.15, 0.2) is 41.5 Å². The molecule has 2 fully saturated rings. The molecule has 26 heavy (non-hydrogen) atoms. The first-order valence-corrected chi connectivity index (χ1v) is 9.74. The Balaban J connectivity index is 1.34. The van der Waals surface area contributed by atoms with E-state index >= 15 is 0 Å². The van der Waals surface area contributed by atoms with Crippen molar-refractivity contribution in [2.75, 3.05) is 32.7 Å². The molecule has 1 aliphatic heterocycles. The van der Waals surface area contributed by atoms with Gasteiger partial charge in [-0.25, -0.2) is 4.68 Å². The lowest BCUT2D eigenvalue weighted by atomic mass is 10.2. The van der Waals surface area contributed by atoms with Crippen LogP contribution in [0, 0.1) is 0 Å². The first kappa shape index (κ1) is 17.4. The van der Waals surface area contributed by atoms with Crippen molar-refractivity contribution < 1.29 is 0 Å². The van der Waals surface area contributed by atoms with Crippen LogP contribution in [0.2, 0.25) is 0 Å². The summed E-state index contributed by atoms with van der Waals surface area (Å²) in [5.41, 5.74) is 1.77. The molecule has 1 aliphatic carbocycles. The molecule has 0 atom stereocenters. The van der Waals surface area contributed by atoms with Crippen molar-refractivity contribution in [1.29, 1.82) is 0 Å². The SMILES string of the molecule is O=c1ccc(-c2ccncc2)nn1CCN1CCN(C2CCCC2)CC1. The van der Waals surface area contributed by atoms with Gasteiger partial charge in [-0.2, -0.15) is 5.10 Å². The fraction of sp³-hybridized carbons (Fsp3) is 0.550. The minimum absolute atomic E-state index is 0.0348. The molecule has 2 aromatic rings. The van der Waals surface area contributed by atoms with Crippen molar-refractivity contribution in [3.63, 3.8) is 0 Å². The smallest absolute Gasteiger partial charge is 0.266 e. The van der Waals surface area contributed by atoms with Crippen LogP contribution in [-0.2, 0) is 6.54 Å². The summed E-state index contributed by atoms with van der Waals surface area (Å²) in [5, 5.41) is 4.54. The van der Waals surface area contributed by atoms with Gasteiger partial charge in [-0.15, -0.1) is 0 Å². The lowest BCUT2D eigenvalue weighted by molar-refractivity contribution is 0.0948. The molecular formula is C20H27N5O. The molecule has 0 N–H and O–H groups in total. The minimum atomic E-state index is -0.0348. The number of hydrogen-bond donors (Lipinski definition) is 0. The summed E-state index contributed by atoms with van der Waals surface area (Å²) in [5.74, 6) is 0. The molecule has 0 aromatic carbocycles. The van der Waals surface area contributed by atoms with E-state index in [-0.39, 0.29) is 5.56 Å². The number of nitrogens with zero attached hydrogens (tertiary/aromatic N) is 5. The second kappa shape index (κ2) is 8.10. The summed E-state index contributed by atoms with van der Waals surface area (Å²) in [6.07, 6.45) is 9.04. The van der Waals surface area contributed by atoms with Crippen LogP contribution in [0.25, 0.3) is 11.3 Å². The van der Waals surface area contributed by atoms with Gasteiger partial charge in [0.25, 0.3) is 5.56 Å². The molecule has 138 valence electrons. The predicted octanol–water partition coefficient (Wildman–Crippen LogP) is 1.87. The zero-order chi connectivity index (χ0) is 17.8. The van der Waals surface area contributed by atoms with Crippen LogP contribution in [-0.4, -0.2) is 63.3 Å². The van der Waals surface area contributed by atoms with Gasteiger partial charge in [-0.05, 0) is 31.0 Å².